The van der Waals surface area contributed by atoms with Crippen LogP contribution in [0.2, 0.25) is 0 Å². The largest absolute Gasteiger partial charge is 0.508 e. The molecule has 0 saturated heterocycles. The van der Waals surface area contributed by atoms with Gasteiger partial charge in [0.1, 0.15) is 11.5 Å². The Labute approximate surface area is 117 Å². The zero-order chi connectivity index (χ0) is 14.6. The second kappa shape index (κ2) is 5.95. The maximum atomic E-state index is 11.1. The summed E-state index contributed by atoms with van der Waals surface area (Å²) in [6.07, 6.45) is 3.81. The maximum Gasteiger partial charge on any atom is 0.373 e. The van der Waals surface area contributed by atoms with Gasteiger partial charge in [-0.05, 0) is 35.4 Å². The first kappa shape index (κ1) is 14.4. The van der Waals surface area contributed by atoms with E-state index in [1.165, 1.54) is 0 Å². The number of benzene rings is 2. The summed E-state index contributed by atoms with van der Waals surface area (Å²) in [4.78, 5) is 9.11. The minimum Gasteiger partial charge on any atom is -0.508 e. The third-order valence-corrected chi connectivity index (χ3v) is 3.07. The van der Waals surface area contributed by atoms with E-state index in [0.717, 1.165) is 17.8 Å². The third kappa shape index (κ3) is 4.57. The lowest BCUT2D eigenvalue weighted by Gasteiger charge is -2.08. The Kier molecular flexibility index (Phi) is 4.28. The van der Waals surface area contributed by atoms with Gasteiger partial charge in [0.2, 0.25) is 0 Å². The van der Waals surface area contributed by atoms with E-state index < -0.39 is 7.60 Å². The minimum atomic E-state index is -3.51. The molecule has 2 N–H and O–H groups in total. The predicted octanol–water partition coefficient (Wildman–Crippen LogP) is 3.76. The Bertz CT molecular complexity index is 639. The van der Waals surface area contributed by atoms with E-state index >= 15 is 0 Å². The topological polar surface area (TPSA) is 66.8 Å². The summed E-state index contributed by atoms with van der Waals surface area (Å²) in [5, 5.41) is 9.18. The Morgan fingerprint density at radius 3 is 1.85 bits per heavy atom. The highest BCUT2D eigenvalue weighted by Crippen LogP contribution is 2.37. The molecular formula is C15H15O4P. The first-order chi connectivity index (χ1) is 9.42. The van der Waals surface area contributed by atoms with Gasteiger partial charge in [-0.15, -0.1) is 0 Å². The van der Waals surface area contributed by atoms with Crippen molar-refractivity contribution in [2.24, 2.45) is 0 Å². The molecule has 2 rings (SSSR count). The summed E-state index contributed by atoms with van der Waals surface area (Å²) in [6.45, 7) is 1.14. The van der Waals surface area contributed by atoms with Crippen molar-refractivity contribution in [2.75, 3.05) is 6.66 Å². The molecule has 0 bridgehead atoms. The molecule has 0 aliphatic heterocycles. The van der Waals surface area contributed by atoms with Crippen LogP contribution in [0, 0.1) is 0 Å². The first-order valence-electron chi connectivity index (χ1n) is 5.99. The molecule has 20 heavy (non-hydrogen) atoms. The fourth-order valence-corrected chi connectivity index (χ4v) is 2.13. The standard InChI is InChI=1S/C15H15O4P/c1-20(17,18)19-15-10-6-13(7-11-15)3-2-12-4-8-14(16)9-5-12/h2-11,16H,1H3,(H,17,18). The van der Waals surface area contributed by atoms with Gasteiger partial charge in [0.15, 0.2) is 0 Å². The van der Waals surface area contributed by atoms with Crippen molar-refractivity contribution in [2.45, 2.75) is 0 Å². The molecule has 1 atom stereocenters. The molecule has 1 unspecified atom stereocenters. The lowest BCUT2D eigenvalue weighted by molar-refractivity contribution is 0.387. The van der Waals surface area contributed by atoms with E-state index in [4.69, 9.17) is 9.42 Å². The van der Waals surface area contributed by atoms with Crippen molar-refractivity contribution >= 4 is 19.7 Å². The highest BCUT2D eigenvalue weighted by atomic mass is 31.2. The summed E-state index contributed by atoms with van der Waals surface area (Å²) < 4.78 is 16.0. The van der Waals surface area contributed by atoms with Crippen LogP contribution in [0.15, 0.2) is 48.5 Å². The molecule has 2 aromatic carbocycles. The first-order valence-corrected chi connectivity index (χ1v) is 8.02. The normalized spacial score (nSPS) is 14.1. The average molecular weight is 290 g/mol. The molecule has 0 aliphatic rings. The molecule has 0 heterocycles. The molecule has 0 spiro atoms. The second-order valence-corrected chi connectivity index (χ2v) is 6.18. The van der Waals surface area contributed by atoms with E-state index in [-0.39, 0.29) is 5.75 Å². The van der Waals surface area contributed by atoms with Crippen LogP contribution in [0.4, 0.5) is 0 Å². The highest BCUT2D eigenvalue weighted by Gasteiger charge is 2.10. The molecule has 0 radical (unpaired) electrons. The van der Waals surface area contributed by atoms with Crippen LogP contribution in [0.5, 0.6) is 11.5 Å². The summed E-state index contributed by atoms with van der Waals surface area (Å²) in [5.41, 5.74) is 1.91. The Morgan fingerprint density at radius 1 is 0.950 bits per heavy atom. The zero-order valence-electron chi connectivity index (χ0n) is 10.9. The van der Waals surface area contributed by atoms with Crippen LogP contribution < -0.4 is 4.52 Å². The second-order valence-electron chi connectivity index (χ2n) is 4.39. The smallest absolute Gasteiger partial charge is 0.373 e. The Morgan fingerprint density at radius 2 is 1.40 bits per heavy atom. The van der Waals surface area contributed by atoms with Gasteiger partial charge in [0.25, 0.3) is 0 Å². The van der Waals surface area contributed by atoms with Crippen molar-refractivity contribution in [3.05, 3.63) is 59.7 Å². The van der Waals surface area contributed by atoms with Crippen LogP contribution in [-0.4, -0.2) is 16.7 Å². The van der Waals surface area contributed by atoms with Crippen molar-refractivity contribution in [1.29, 1.82) is 0 Å². The summed E-state index contributed by atoms with van der Waals surface area (Å²) in [7, 11) is -3.51. The molecule has 4 nitrogen and oxygen atoms in total. The summed E-state index contributed by atoms with van der Waals surface area (Å²) >= 11 is 0. The van der Waals surface area contributed by atoms with Crippen molar-refractivity contribution in [1.82, 2.24) is 0 Å². The van der Waals surface area contributed by atoms with Crippen molar-refractivity contribution in [3.8, 4) is 11.5 Å². The van der Waals surface area contributed by atoms with Crippen LogP contribution in [0.3, 0.4) is 0 Å². The molecule has 0 aromatic heterocycles. The molecule has 0 fully saturated rings. The van der Waals surface area contributed by atoms with E-state index in [1.54, 1.807) is 36.4 Å². The Hall–Kier alpha value is -2.03. The number of rotatable bonds is 4. The number of aromatic hydroxyl groups is 1. The quantitative estimate of drug-likeness (QED) is 0.664. The number of hydrogen-bond acceptors (Lipinski definition) is 3. The van der Waals surface area contributed by atoms with E-state index in [2.05, 4.69) is 0 Å². The lowest BCUT2D eigenvalue weighted by atomic mass is 10.1. The Balaban J connectivity index is 2.07. The number of hydrogen-bond donors (Lipinski definition) is 2. The fourth-order valence-electron chi connectivity index (χ4n) is 1.61. The lowest BCUT2D eigenvalue weighted by Crippen LogP contribution is -1.88. The number of phenolic OH excluding ortho intramolecular Hbond substituents is 1. The zero-order valence-corrected chi connectivity index (χ0v) is 11.8. The molecule has 5 heteroatoms. The van der Waals surface area contributed by atoms with Gasteiger partial charge in [-0.25, -0.2) is 4.57 Å². The average Bonchev–Trinajstić information content (AvgIpc) is 2.38. The maximum absolute atomic E-state index is 11.1. The van der Waals surface area contributed by atoms with Gasteiger partial charge >= 0.3 is 7.60 Å². The van der Waals surface area contributed by atoms with Crippen LogP contribution in [0.1, 0.15) is 11.1 Å². The minimum absolute atomic E-state index is 0.233. The number of phenols is 1. The highest BCUT2D eigenvalue weighted by molar-refractivity contribution is 7.52. The van der Waals surface area contributed by atoms with E-state index in [9.17, 15) is 9.67 Å². The van der Waals surface area contributed by atoms with Crippen molar-refractivity contribution in [3.63, 3.8) is 0 Å². The fraction of sp³-hybridized carbons (Fsp3) is 0.0667. The van der Waals surface area contributed by atoms with Crippen LogP contribution in [-0.2, 0) is 4.57 Å². The van der Waals surface area contributed by atoms with Gasteiger partial charge in [-0.2, -0.15) is 0 Å². The summed E-state index contributed by atoms with van der Waals surface area (Å²) in [6, 6.07) is 13.7. The molecule has 0 saturated carbocycles. The molecular weight excluding hydrogens is 275 g/mol. The van der Waals surface area contributed by atoms with Gasteiger partial charge < -0.3 is 14.5 Å². The van der Waals surface area contributed by atoms with Gasteiger partial charge in [-0.3, -0.25) is 0 Å². The third-order valence-electron chi connectivity index (χ3n) is 2.52. The van der Waals surface area contributed by atoms with Gasteiger partial charge in [0, 0.05) is 6.66 Å². The van der Waals surface area contributed by atoms with Gasteiger partial charge in [-0.1, -0.05) is 36.4 Å². The molecule has 2 aromatic rings. The van der Waals surface area contributed by atoms with E-state index in [1.807, 2.05) is 24.3 Å². The van der Waals surface area contributed by atoms with Crippen LogP contribution in [0.25, 0.3) is 12.2 Å². The predicted molar refractivity (Wildman–Crippen MR) is 79.9 cm³/mol. The van der Waals surface area contributed by atoms with Gasteiger partial charge in [0.05, 0.1) is 0 Å². The van der Waals surface area contributed by atoms with Crippen molar-refractivity contribution < 1.29 is 19.1 Å². The van der Waals surface area contributed by atoms with E-state index in [0.29, 0.717) is 5.75 Å². The molecule has 0 aliphatic carbocycles. The monoisotopic (exact) mass is 290 g/mol. The summed E-state index contributed by atoms with van der Waals surface area (Å²) in [5.74, 6) is 0.594. The molecule has 104 valence electrons. The van der Waals surface area contributed by atoms with Crippen LogP contribution >= 0.6 is 7.60 Å². The molecule has 0 amide bonds. The SMILES string of the molecule is CP(=O)(O)Oc1ccc(C=Cc2ccc(O)cc2)cc1.